The zero-order valence-electron chi connectivity index (χ0n) is 11.4. The lowest BCUT2D eigenvalue weighted by molar-refractivity contribution is -0.117. The van der Waals surface area contributed by atoms with Crippen molar-refractivity contribution in [1.29, 1.82) is 0 Å². The quantitative estimate of drug-likeness (QED) is 0.849. The van der Waals surface area contributed by atoms with E-state index in [4.69, 9.17) is 5.73 Å². The van der Waals surface area contributed by atoms with Crippen LogP contribution in [-0.2, 0) is 17.8 Å². The number of carbonyl (C=O) groups is 1. The molecule has 1 fully saturated rings. The molecule has 2 aliphatic rings. The first-order valence-electron chi connectivity index (χ1n) is 6.98. The number of nitrogens with two attached hydrogens (primary N) is 1. The summed E-state index contributed by atoms with van der Waals surface area (Å²) in [4.78, 5) is 13.4. The molecule has 102 valence electrons. The van der Waals surface area contributed by atoms with Crippen molar-refractivity contribution in [2.24, 2.45) is 11.7 Å². The number of benzene rings is 1. The van der Waals surface area contributed by atoms with Gasteiger partial charge >= 0.3 is 0 Å². The van der Waals surface area contributed by atoms with Crippen LogP contribution in [0.2, 0.25) is 0 Å². The number of nitrogens with zero attached hydrogens (tertiary/aromatic N) is 1. The Kier molecular flexibility index (Phi) is 3.29. The Balaban J connectivity index is 1.55. The molecule has 0 radical (unpaired) electrons. The lowest BCUT2D eigenvalue weighted by Crippen LogP contribution is -2.41. The number of likely N-dealkylation sites (N-methyl/N-ethyl adjacent to an activating group) is 1. The summed E-state index contributed by atoms with van der Waals surface area (Å²) in [5, 5.41) is 3.48. The van der Waals surface area contributed by atoms with Crippen LogP contribution in [0.25, 0.3) is 0 Å². The number of anilines is 1. The first-order chi connectivity index (χ1) is 9.13. The number of hydrogen-bond acceptors (Lipinski definition) is 3. The van der Waals surface area contributed by atoms with E-state index in [0.29, 0.717) is 12.5 Å². The summed E-state index contributed by atoms with van der Waals surface area (Å²) in [7, 11) is 1.84. The highest BCUT2D eigenvalue weighted by Gasteiger charge is 2.25. The molecule has 0 aromatic heterocycles. The van der Waals surface area contributed by atoms with Crippen LogP contribution in [0, 0.1) is 5.92 Å². The Morgan fingerprint density at radius 2 is 2.21 bits per heavy atom. The fraction of sp³-hybridized carbons (Fsp3) is 0.533. The van der Waals surface area contributed by atoms with Crippen molar-refractivity contribution in [3.8, 4) is 0 Å². The van der Waals surface area contributed by atoms with Crippen molar-refractivity contribution < 1.29 is 4.79 Å². The molecule has 1 heterocycles. The molecule has 3 N–H and O–H groups in total. The molecule has 0 saturated heterocycles. The Morgan fingerprint density at radius 3 is 2.95 bits per heavy atom. The maximum Gasteiger partial charge on any atom is 0.231 e. The molecule has 3 rings (SSSR count). The molecule has 4 heteroatoms. The second-order valence-corrected chi connectivity index (χ2v) is 5.82. The third-order valence-corrected chi connectivity index (χ3v) is 4.26. The normalized spacial score (nSPS) is 25.4. The smallest absolute Gasteiger partial charge is 0.231 e. The summed E-state index contributed by atoms with van der Waals surface area (Å²) in [6, 6.07) is 6.73. The highest BCUT2D eigenvalue weighted by Crippen LogP contribution is 2.28. The van der Waals surface area contributed by atoms with E-state index in [-0.39, 0.29) is 5.91 Å². The molecule has 0 spiro atoms. The maximum absolute atomic E-state index is 11.6. The minimum atomic E-state index is 0.184. The van der Waals surface area contributed by atoms with Crippen LogP contribution in [0.3, 0.4) is 0 Å². The van der Waals surface area contributed by atoms with E-state index in [1.807, 2.05) is 7.05 Å². The average Bonchev–Trinajstić information content (AvgIpc) is 2.63. The lowest BCUT2D eigenvalue weighted by Gasteiger charge is -2.32. The van der Waals surface area contributed by atoms with Gasteiger partial charge in [-0.2, -0.15) is 0 Å². The molecule has 1 amide bonds. The van der Waals surface area contributed by atoms with Gasteiger partial charge in [0.15, 0.2) is 0 Å². The molecule has 19 heavy (non-hydrogen) atoms. The summed E-state index contributed by atoms with van der Waals surface area (Å²) in [6.45, 7) is 1.92. The first-order valence-corrected chi connectivity index (χ1v) is 6.98. The fourth-order valence-corrected chi connectivity index (χ4v) is 3.01. The van der Waals surface area contributed by atoms with Gasteiger partial charge in [0, 0.05) is 25.3 Å². The molecule has 1 aromatic rings. The van der Waals surface area contributed by atoms with Crippen LogP contribution in [-0.4, -0.2) is 25.5 Å². The number of hydrogen-bond donors (Lipinski definition) is 2. The maximum atomic E-state index is 11.6. The predicted molar refractivity (Wildman–Crippen MR) is 76.0 cm³/mol. The largest absolute Gasteiger partial charge is 0.328 e. The van der Waals surface area contributed by atoms with Gasteiger partial charge in [-0.3, -0.25) is 4.79 Å². The SMILES string of the molecule is CN1C(=O)Cc2cc(CNCC3CC(N)C3)ccc21. The zero-order chi connectivity index (χ0) is 13.4. The number of nitrogens with one attached hydrogen (secondary N) is 1. The van der Waals surface area contributed by atoms with Crippen molar-refractivity contribution in [2.45, 2.75) is 31.8 Å². The van der Waals surface area contributed by atoms with Gasteiger partial charge in [0.1, 0.15) is 0 Å². The van der Waals surface area contributed by atoms with Gasteiger partial charge in [0.2, 0.25) is 5.91 Å². The van der Waals surface area contributed by atoms with Crippen molar-refractivity contribution in [1.82, 2.24) is 5.32 Å². The van der Waals surface area contributed by atoms with Crippen LogP contribution >= 0.6 is 0 Å². The summed E-state index contributed by atoms with van der Waals surface area (Å²) in [5.74, 6) is 0.931. The van der Waals surface area contributed by atoms with Crippen LogP contribution in [0.4, 0.5) is 5.69 Å². The van der Waals surface area contributed by atoms with Crippen molar-refractivity contribution >= 4 is 11.6 Å². The van der Waals surface area contributed by atoms with E-state index >= 15 is 0 Å². The second kappa shape index (κ2) is 4.94. The highest BCUT2D eigenvalue weighted by atomic mass is 16.2. The third kappa shape index (κ3) is 2.51. The molecule has 1 aliphatic heterocycles. The predicted octanol–water partition coefficient (Wildman–Crippen LogP) is 1.03. The number of rotatable bonds is 4. The Labute approximate surface area is 114 Å². The summed E-state index contributed by atoms with van der Waals surface area (Å²) in [5.41, 5.74) is 9.23. The zero-order valence-corrected chi connectivity index (χ0v) is 11.4. The Bertz CT molecular complexity index is 494. The molecule has 0 atom stereocenters. The highest BCUT2D eigenvalue weighted by molar-refractivity contribution is 6.00. The van der Waals surface area contributed by atoms with E-state index in [2.05, 4.69) is 23.5 Å². The Morgan fingerprint density at radius 1 is 1.42 bits per heavy atom. The van der Waals surface area contributed by atoms with Gasteiger partial charge in [-0.15, -0.1) is 0 Å². The van der Waals surface area contributed by atoms with E-state index in [1.165, 1.54) is 5.56 Å². The number of carbonyl (C=O) groups excluding carboxylic acids is 1. The third-order valence-electron chi connectivity index (χ3n) is 4.26. The van der Waals surface area contributed by atoms with Crippen molar-refractivity contribution in [2.75, 3.05) is 18.5 Å². The average molecular weight is 259 g/mol. The van der Waals surface area contributed by atoms with Gasteiger partial charge < -0.3 is 16.0 Å². The van der Waals surface area contributed by atoms with Crippen LogP contribution in [0.15, 0.2) is 18.2 Å². The Hall–Kier alpha value is -1.39. The molecule has 1 saturated carbocycles. The van der Waals surface area contributed by atoms with E-state index in [1.54, 1.807) is 4.90 Å². The topological polar surface area (TPSA) is 58.4 Å². The first kappa shape index (κ1) is 12.6. The van der Waals surface area contributed by atoms with E-state index in [9.17, 15) is 4.79 Å². The van der Waals surface area contributed by atoms with Crippen LogP contribution in [0.5, 0.6) is 0 Å². The molecule has 1 aliphatic carbocycles. The van der Waals surface area contributed by atoms with Gasteiger partial charge in [0.25, 0.3) is 0 Å². The standard InChI is InChI=1S/C15H21N3O/c1-18-14-3-2-10(4-12(14)7-15(18)19)8-17-9-11-5-13(16)6-11/h2-4,11,13,17H,5-9,16H2,1H3. The lowest BCUT2D eigenvalue weighted by atomic mass is 9.81. The van der Waals surface area contributed by atoms with Gasteiger partial charge in [-0.1, -0.05) is 12.1 Å². The van der Waals surface area contributed by atoms with Crippen molar-refractivity contribution in [3.63, 3.8) is 0 Å². The molecular weight excluding hydrogens is 238 g/mol. The summed E-state index contributed by atoms with van der Waals surface area (Å²) >= 11 is 0. The molecule has 1 aromatic carbocycles. The van der Waals surface area contributed by atoms with Crippen LogP contribution < -0.4 is 16.0 Å². The fourth-order valence-electron chi connectivity index (χ4n) is 3.01. The van der Waals surface area contributed by atoms with Crippen molar-refractivity contribution in [3.05, 3.63) is 29.3 Å². The molecule has 0 unspecified atom stereocenters. The van der Waals surface area contributed by atoms with Crippen LogP contribution in [0.1, 0.15) is 24.0 Å². The minimum Gasteiger partial charge on any atom is -0.328 e. The summed E-state index contributed by atoms with van der Waals surface area (Å²) < 4.78 is 0. The minimum absolute atomic E-state index is 0.184. The molecule has 4 nitrogen and oxygen atoms in total. The van der Waals surface area contributed by atoms with Gasteiger partial charge in [-0.05, 0) is 42.5 Å². The number of fused-ring (bicyclic) bond motifs is 1. The summed E-state index contributed by atoms with van der Waals surface area (Å²) in [6.07, 6.45) is 2.84. The molecular formula is C15H21N3O. The van der Waals surface area contributed by atoms with Gasteiger partial charge in [0.05, 0.1) is 6.42 Å². The van der Waals surface area contributed by atoms with Gasteiger partial charge in [-0.25, -0.2) is 0 Å². The molecule has 0 bridgehead atoms. The van der Waals surface area contributed by atoms with E-state index < -0.39 is 0 Å². The van der Waals surface area contributed by atoms with E-state index in [0.717, 1.165) is 43.1 Å². The number of amides is 1. The second-order valence-electron chi connectivity index (χ2n) is 5.82. The monoisotopic (exact) mass is 259 g/mol.